The summed E-state index contributed by atoms with van der Waals surface area (Å²) in [6.07, 6.45) is 2.11. The Bertz CT molecular complexity index is 738. The first-order chi connectivity index (χ1) is 12.0. The van der Waals surface area contributed by atoms with Gasteiger partial charge in [0.25, 0.3) is 0 Å². The molecule has 0 unspecified atom stereocenters. The van der Waals surface area contributed by atoms with E-state index in [1.54, 1.807) is 0 Å². The number of hydrogen-bond donors (Lipinski definition) is 1. The first kappa shape index (κ1) is 17.5. The zero-order chi connectivity index (χ0) is 18.0. The average molecular weight is 340 g/mol. The number of carbonyl (C=O) groups is 1. The molecule has 1 aromatic heterocycles. The standard InChI is InChI=1S/C20H28N4O/c1-14(19-15(2)22-23(4)16(19)3)21-20(25)24-11-10-18(13-24)12-17-8-6-5-7-9-17/h5-9,14,18H,10-13H2,1-4H3,(H,21,25)/t14-,18-/m1/s1. The molecule has 1 aliphatic rings. The van der Waals surface area contributed by atoms with Crippen LogP contribution in [0.2, 0.25) is 0 Å². The third-order valence-corrected chi connectivity index (χ3v) is 5.28. The summed E-state index contributed by atoms with van der Waals surface area (Å²) in [6.45, 7) is 7.74. The Morgan fingerprint density at radius 1 is 1.32 bits per heavy atom. The Morgan fingerprint density at radius 2 is 2.04 bits per heavy atom. The van der Waals surface area contributed by atoms with Crippen LogP contribution < -0.4 is 5.32 Å². The van der Waals surface area contributed by atoms with E-state index in [0.717, 1.165) is 42.9 Å². The lowest BCUT2D eigenvalue weighted by Gasteiger charge is -2.21. The molecule has 1 aromatic carbocycles. The van der Waals surface area contributed by atoms with Crippen LogP contribution in [0.15, 0.2) is 30.3 Å². The van der Waals surface area contributed by atoms with Crippen LogP contribution in [-0.4, -0.2) is 33.8 Å². The number of aromatic nitrogens is 2. The van der Waals surface area contributed by atoms with Crippen LogP contribution >= 0.6 is 0 Å². The number of hydrogen-bond acceptors (Lipinski definition) is 2. The molecule has 3 rings (SSSR count). The fraction of sp³-hybridized carbons (Fsp3) is 0.500. The molecule has 2 amide bonds. The summed E-state index contributed by atoms with van der Waals surface area (Å²) < 4.78 is 1.87. The largest absolute Gasteiger partial charge is 0.331 e. The Balaban J connectivity index is 1.57. The lowest BCUT2D eigenvalue weighted by Crippen LogP contribution is -2.40. The van der Waals surface area contributed by atoms with E-state index in [1.165, 1.54) is 5.56 Å². The van der Waals surface area contributed by atoms with Crippen molar-refractivity contribution in [2.45, 2.75) is 39.7 Å². The van der Waals surface area contributed by atoms with E-state index >= 15 is 0 Å². The monoisotopic (exact) mass is 340 g/mol. The molecule has 2 atom stereocenters. The highest BCUT2D eigenvalue weighted by Crippen LogP contribution is 2.23. The Hall–Kier alpha value is -2.30. The molecule has 0 saturated carbocycles. The summed E-state index contributed by atoms with van der Waals surface area (Å²) in [5.74, 6) is 0.547. The normalized spacial score (nSPS) is 18.4. The van der Waals surface area contributed by atoms with Crippen molar-refractivity contribution in [3.63, 3.8) is 0 Å². The second kappa shape index (κ2) is 7.30. The highest BCUT2D eigenvalue weighted by molar-refractivity contribution is 5.75. The zero-order valence-electron chi connectivity index (χ0n) is 15.6. The molecular formula is C20H28N4O. The Morgan fingerprint density at radius 3 is 2.68 bits per heavy atom. The fourth-order valence-corrected chi connectivity index (χ4v) is 3.90. The minimum Gasteiger partial charge on any atom is -0.331 e. The zero-order valence-corrected chi connectivity index (χ0v) is 15.6. The molecular weight excluding hydrogens is 312 g/mol. The fourth-order valence-electron chi connectivity index (χ4n) is 3.90. The topological polar surface area (TPSA) is 50.2 Å². The molecule has 1 saturated heterocycles. The van der Waals surface area contributed by atoms with Gasteiger partial charge >= 0.3 is 6.03 Å². The molecule has 5 nitrogen and oxygen atoms in total. The summed E-state index contributed by atoms with van der Waals surface area (Å²) in [7, 11) is 1.94. The van der Waals surface area contributed by atoms with Crippen molar-refractivity contribution in [1.82, 2.24) is 20.0 Å². The second-order valence-electron chi connectivity index (χ2n) is 7.17. The van der Waals surface area contributed by atoms with Crippen LogP contribution in [0.3, 0.4) is 0 Å². The minimum absolute atomic E-state index is 0.0330. The number of amides is 2. The number of benzene rings is 1. The summed E-state index contributed by atoms with van der Waals surface area (Å²) in [5, 5.41) is 7.60. The lowest BCUT2D eigenvalue weighted by atomic mass is 9.99. The van der Waals surface area contributed by atoms with Crippen molar-refractivity contribution < 1.29 is 4.79 Å². The van der Waals surface area contributed by atoms with Gasteiger partial charge in [0, 0.05) is 31.4 Å². The molecule has 134 valence electrons. The van der Waals surface area contributed by atoms with Crippen LogP contribution in [0.5, 0.6) is 0 Å². The van der Waals surface area contributed by atoms with Crippen molar-refractivity contribution in [2.24, 2.45) is 13.0 Å². The van der Waals surface area contributed by atoms with Gasteiger partial charge in [-0.2, -0.15) is 5.10 Å². The predicted octanol–water partition coefficient (Wildman–Crippen LogP) is 3.37. The van der Waals surface area contributed by atoms with Gasteiger partial charge in [-0.05, 0) is 45.1 Å². The number of urea groups is 1. The highest BCUT2D eigenvalue weighted by Gasteiger charge is 2.28. The summed E-state index contributed by atoms with van der Waals surface area (Å²) in [4.78, 5) is 14.6. The van der Waals surface area contributed by atoms with Crippen LogP contribution in [0.4, 0.5) is 4.79 Å². The summed E-state index contributed by atoms with van der Waals surface area (Å²) >= 11 is 0. The smallest absolute Gasteiger partial charge is 0.317 e. The number of rotatable bonds is 4. The van der Waals surface area contributed by atoms with Crippen molar-refractivity contribution in [3.05, 3.63) is 52.8 Å². The maximum Gasteiger partial charge on any atom is 0.317 e. The van der Waals surface area contributed by atoms with Gasteiger partial charge in [-0.1, -0.05) is 30.3 Å². The van der Waals surface area contributed by atoms with E-state index < -0.39 is 0 Å². The van der Waals surface area contributed by atoms with Gasteiger partial charge < -0.3 is 10.2 Å². The van der Waals surface area contributed by atoms with E-state index in [-0.39, 0.29) is 12.1 Å². The second-order valence-corrected chi connectivity index (χ2v) is 7.17. The van der Waals surface area contributed by atoms with Gasteiger partial charge in [0.1, 0.15) is 0 Å². The van der Waals surface area contributed by atoms with Crippen LogP contribution in [-0.2, 0) is 13.5 Å². The van der Waals surface area contributed by atoms with Gasteiger partial charge in [-0.3, -0.25) is 4.68 Å². The molecule has 25 heavy (non-hydrogen) atoms. The number of nitrogens with one attached hydrogen (secondary N) is 1. The quantitative estimate of drug-likeness (QED) is 0.928. The number of nitrogens with zero attached hydrogens (tertiary/aromatic N) is 3. The van der Waals surface area contributed by atoms with Crippen LogP contribution in [0.1, 0.15) is 41.9 Å². The highest BCUT2D eigenvalue weighted by atomic mass is 16.2. The average Bonchev–Trinajstić information content (AvgIpc) is 3.13. The first-order valence-corrected chi connectivity index (χ1v) is 9.05. The van der Waals surface area contributed by atoms with E-state index in [1.807, 2.05) is 43.5 Å². The molecule has 2 aromatic rings. The summed E-state index contributed by atoms with van der Waals surface area (Å²) in [6, 6.07) is 10.5. The van der Waals surface area contributed by atoms with Gasteiger partial charge in [-0.25, -0.2) is 4.79 Å². The van der Waals surface area contributed by atoms with Crippen molar-refractivity contribution in [1.29, 1.82) is 0 Å². The van der Waals surface area contributed by atoms with Crippen molar-refractivity contribution in [3.8, 4) is 0 Å². The number of aryl methyl sites for hydroxylation is 2. The van der Waals surface area contributed by atoms with Gasteiger partial charge in [0.2, 0.25) is 0 Å². The lowest BCUT2D eigenvalue weighted by molar-refractivity contribution is 0.203. The van der Waals surface area contributed by atoms with E-state index in [9.17, 15) is 4.79 Å². The molecule has 5 heteroatoms. The van der Waals surface area contributed by atoms with Gasteiger partial charge in [-0.15, -0.1) is 0 Å². The third-order valence-electron chi connectivity index (χ3n) is 5.28. The van der Waals surface area contributed by atoms with Gasteiger partial charge in [0.15, 0.2) is 0 Å². The number of carbonyl (C=O) groups excluding carboxylic acids is 1. The predicted molar refractivity (Wildman–Crippen MR) is 99.5 cm³/mol. The molecule has 1 fully saturated rings. The summed E-state index contributed by atoms with van der Waals surface area (Å²) in [5.41, 5.74) is 4.56. The minimum atomic E-state index is -0.0330. The molecule has 1 N–H and O–H groups in total. The molecule has 0 bridgehead atoms. The molecule has 0 aliphatic carbocycles. The maximum atomic E-state index is 12.6. The van der Waals surface area contributed by atoms with Crippen molar-refractivity contribution in [2.75, 3.05) is 13.1 Å². The maximum absolute atomic E-state index is 12.6. The van der Waals surface area contributed by atoms with Gasteiger partial charge in [0.05, 0.1) is 11.7 Å². The van der Waals surface area contributed by atoms with Crippen LogP contribution in [0.25, 0.3) is 0 Å². The first-order valence-electron chi connectivity index (χ1n) is 9.05. The van der Waals surface area contributed by atoms with E-state index in [2.05, 4.69) is 34.7 Å². The van der Waals surface area contributed by atoms with Crippen LogP contribution in [0, 0.1) is 19.8 Å². The molecule has 2 heterocycles. The Kier molecular flexibility index (Phi) is 5.11. The SMILES string of the molecule is Cc1nn(C)c(C)c1[C@@H](C)NC(=O)N1CC[C@H](Cc2ccccc2)C1. The van der Waals surface area contributed by atoms with E-state index in [4.69, 9.17) is 0 Å². The molecule has 0 spiro atoms. The third kappa shape index (κ3) is 3.86. The number of likely N-dealkylation sites (tertiary alicyclic amines) is 1. The van der Waals surface area contributed by atoms with Crippen molar-refractivity contribution >= 4 is 6.03 Å². The molecule has 1 aliphatic heterocycles. The van der Waals surface area contributed by atoms with E-state index in [0.29, 0.717) is 5.92 Å². The Labute approximate surface area is 150 Å². The molecule has 0 radical (unpaired) electrons.